The van der Waals surface area contributed by atoms with Crippen LogP contribution in [0.3, 0.4) is 0 Å². The average Bonchev–Trinajstić information content (AvgIpc) is 2.50. The van der Waals surface area contributed by atoms with Gasteiger partial charge < -0.3 is 10.5 Å². The molecule has 0 unspecified atom stereocenters. The maximum Gasteiger partial charge on any atom is 0.0626 e. The van der Waals surface area contributed by atoms with Crippen LogP contribution >= 0.6 is 22.6 Å². The van der Waals surface area contributed by atoms with Gasteiger partial charge in [-0.05, 0) is 12.8 Å². The Morgan fingerprint density at radius 2 is 2.33 bits per heavy atom. The molecule has 0 bridgehead atoms. The average molecular weight is 241 g/mol. The fourth-order valence-electron chi connectivity index (χ4n) is 0.819. The molecule has 0 heterocycles. The molecule has 0 amide bonds. The molecule has 3 heteroatoms. The second kappa shape index (κ2) is 2.72. The molecular formula is C6H12INO. The summed E-state index contributed by atoms with van der Waals surface area (Å²) >= 11 is 2.43. The van der Waals surface area contributed by atoms with E-state index >= 15 is 0 Å². The summed E-state index contributed by atoms with van der Waals surface area (Å²) in [4.78, 5) is 0. The van der Waals surface area contributed by atoms with Crippen molar-refractivity contribution in [2.45, 2.75) is 22.3 Å². The first-order chi connectivity index (χ1) is 4.19. The second-order valence-corrected chi connectivity index (χ2v) is 4.74. The fourth-order valence-corrected chi connectivity index (χ4v) is 1.27. The van der Waals surface area contributed by atoms with E-state index in [9.17, 15) is 0 Å². The Morgan fingerprint density at radius 1 is 1.78 bits per heavy atom. The Morgan fingerprint density at radius 3 is 2.67 bits per heavy atom. The third kappa shape index (κ3) is 1.78. The molecule has 0 aromatic rings. The molecule has 54 valence electrons. The van der Waals surface area contributed by atoms with Crippen molar-refractivity contribution >= 4 is 22.6 Å². The van der Waals surface area contributed by atoms with E-state index in [0.717, 1.165) is 0 Å². The van der Waals surface area contributed by atoms with Crippen molar-refractivity contribution in [1.82, 2.24) is 0 Å². The van der Waals surface area contributed by atoms with Gasteiger partial charge in [-0.15, -0.1) is 0 Å². The molecule has 1 aliphatic carbocycles. The summed E-state index contributed by atoms with van der Waals surface area (Å²) in [5.41, 5.74) is 5.79. The Bertz CT molecular complexity index is 103. The maximum atomic E-state index is 5.79. The van der Waals surface area contributed by atoms with Crippen molar-refractivity contribution in [3.63, 3.8) is 0 Å². The van der Waals surface area contributed by atoms with E-state index in [1.54, 1.807) is 7.11 Å². The normalized spacial score (nSPS) is 25.7. The Hall–Kier alpha value is 0.650. The van der Waals surface area contributed by atoms with Crippen LogP contribution in [0.5, 0.6) is 0 Å². The molecule has 1 aliphatic rings. The minimum absolute atomic E-state index is 0.239. The smallest absolute Gasteiger partial charge is 0.0626 e. The van der Waals surface area contributed by atoms with Crippen LogP contribution < -0.4 is 5.73 Å². The van der Waals surface area contributed by atoms with Crippen LogP contribution in [-0.2, 0) is 4.74 Å². The number of hydrogen-bond acceptors (Lipinski definition) is 2. The topological polar surface area (TPSA) is 35.2 Å². The summed E-state index contributed by atoms with van der Waals surface area (Å²) < 4.78 is 5.32. The summed E-state index contributed by atoms with van der Waals surface area (Å²) in [5, 5.41) is 0. The van der Waals surface area contributed by atoms with Gasteiger partial charge in [0.25, 0.3) is 0 Å². The predicted octanol–water partition coefficient (Wildman–Crippen LogP) is 0.928. The van der Waals surface area contributed by atoms with E-state index in [-0.39, 0.29) is 6.04 Å². The van der Waals surface area contributed by atoms with Gasteiger partial charge in [0.15, 0.2) is 0 Å². The first-order valence-electron chi connectivity index (χ1n) is 3.12. The molecule has 2 nitrogen and oxygen atoms in total. The molecule has 2 N–H and O–H groups in total. The SMILES string of the molecule is COC[C@H](N)C1(I)CC1. The van der Waals surface area contributed by atoms with Gasteiger partial charge in [-0.1, -0.05) is 22.6 Å². The van der Waals surface area contributed by atoms with Gasteiger partial charge in [0, 0.05) is 16.6 Å². The third-order valence-electron chi connectivity index (χ3n) is 1.74. The molecule has 0 radical (unpaired) electrons. The van der Waals surface area contributed by atoms with Crippen molar-refractivity contribution in [3.05, 3.63) is 0 Å². The van der Waals surface area contributed by atoms with Crippen molar-refractivity contribution in [1.29, 1.82) is 0 Å². The molecule has 0 aromatic heterocycles. The van der Waals surface area contributed by atoms with Gasteiger partial charge in [0.1, 0.15) is 0 Å². The molecule has 9 heavy (non-hydrogen) atoms. The highest BCUT2D eigenvalue weighted by atomic mass is 127. The van der Waals surface area contributed by atoms with Crippen LogP contribution in [0.15, 0.2) is 0 Å². The summed E-state index contributed by atoms with van der Waals surface area (Å²) in [6, 6.07) is 0.239. The number of nitrogens with two attached hydrogens (primary N) is 1. The highest BCUT2D eigenvalue weighted by molar-refractivity contribution is 14.1. The standard InChI is InChI=1S/C6H12INO/c1-9-4-5(8)6(7)2-3-6/h5H,2-4,8H2,1H3/t5-/m0/s1. The van der Waals surface area contributed by atoms with Crippen molar-refractivity contribution in [3.8, 4) is 0 Å². The van der Waals surface area contributed by atoms with E-state index < -0.39 is 0 Å². The lowest BCUT2D eigenvalue weighted by atomic mass is 10.2. The quantitative estimate of drug-likeness (QED) is 0.589. The van der Waals surface area contributed by atoms with Crippen LogP contribution in [0.25, 0.3) is 0 Å². The summed E-state index contributed by atoms with van der Waals surface area (Å²) in [5.74, 6) is 0. The molecule has 0 saturated heterocycles. The Balaban J connectivity index is 2.24. The highest BCUT2D eigenvalue weighted by Gasteiger charge is 2.45. The molecule has 1 atom stereocenters. The van der Waals surface area contributed by atoms with E-state index in [1.807, 2.05) is 0 Å². The van der Waals surface area contributed by atoms with E-state index in [0.29, 0.717) is 10.0 Å². The molecule has 0 aliphatic heterocycles. The number of halogens is 1. The van der Waals surface area contributed by atoms with Gasteiger partial charge in [-0.2, -0.15) is 0 Å². The number of alkyl halides is 1. The van der Waals surface area contributed by atoms with Crippen molar-refractivity contribution in [2.24, 2.45) is 5.73 Å². The molecule has 1 fully saturated rings. The lowest BCUT2D eigenvalue weighted by Crippen LogP contribution is -2.36. The first-order valence-corrected chi connectivity index (χ1v) is 4.20. The van der Waals surface area contributed by atoms with Crippen LogP contribution in [0.2, 0.25) is 0 Å². The largest absolute Gasteiger partial charge is 0.383 e. The zero-order valence-electron chi connectivity index (χ0n) is 5.56. The second-order valence-electron chi connectivity index (χ2n) is 2.60. The van der Waals surface area contributed by atoms with Gasteiger partial charge in [0.05, 0.1) is 6.61 Å². The molecule has 1 saturated carbocycles. The number of hydrogen-bond donors (Lipinski definition) is 1. The molecular weight excluding hydrogens is 229 g/mol. The molecule has 0 spiro atoms. The first kappa shape index (κ1) is 7.75. The zero-order valence-corrected chi connectivity index (χ0v) is 7.72. The molecule has 0 aromatic carbocycles. The summed E-state index contributed by atoms with van der Waals surface area (Å²) in [7, 11) is 1.70. The fraction of sp³-hybridized carbons (Fsp3) is 1.00. The van der Waals surface area contributed by atoms with E-state index in [2.05, 4.69) is 22.6 Å². The highest BCUT2D eigenvalue weighted by Crippen LogP contribution is 2.47. The van der Waals surface area contributed by atoms with E-state index in [4.69, 9.17) is 10.5 Å². The minimum atomic E-state index is 0.239. The monoisotopic (exact) mass is 241 g/mol. The lowest BCUT2D eigenvalue weighted by Gasteiger charge is -2.14. The van der Waals surface area contributed by atoms with E-state index in [1.165, 1.54) is 12.8 Å². The van der Waals surface area contributed by atoms with Crippen molar-refractivity contribution in [2.75, 3.05) is 13.7 Å². The van der Waals surface area contributed by atoms with Crippen LogP contribution in [-0.4, -0.2) is 23.2 Å². The number of ether oxygens (including phenoxy) is 1. The Kier molecular flexibility index (Phi) is 2.34. The minimum Gasteiger partial charge on any atom is -0.383 e. The lowest BCUT2D eigenvalue weighted by molar-refractivity contribution is 0.178. The van der Waals surface area contributed by atoms with Gasteiger partial charge >= 0.3 is 0 Å². The molecule has 1 rings (SSSR count). The predicted molar refractivity (Wildman–Crippen MR) is 45.8 cm³/mol. The van der Waals surface area contributed by atoms with Crippen LogP contribution in [0.1, 0.15) is 12.8 Å². The third-order valence-corrected chi connectivity index (χ3v) is 3.62. The number of methoxy groups -OCH3 is 1. The summed E-state index contributed by atoms with van der Waals surface area (Å²) in [6.07, 6.45) is 2.52. The van der Waals surface area contributed by atoms with Crippen LogP contribution in [0.4, 0.5) is 0 Å². The summed E-state index contributed by atoms with van der Waals surface area (Å²) in [6.45, 7) is 0.697. The Labute approximate surface area is 69.3 Å². The van der Waals surface area contributed by atoms with Crippen molar-refractivity contribution < 1.29 is 4.74 Å². The van der Waals surface area contributed by atoms with Gasteiger partial charge in [-0.3, -0.25) is 0 Å². The van der Waals surface area contributed by atoms with Gasteiger partial charge in [0.2, 0.25) is 0 Å². The maximum absolute atomic E-state index is 5.79. The van der Waals surface area contributed by atoms with Crippen LogP contribution in [0, 0.1) is 0 Å². The number of rotatable bonds is 3. The van der Waals surface area contributed by atoms with Gasteiger partial charge in [-0.25, -0.2) is 0 Å². The zero-order chi connectivity index (χ0) is 6.91.